The van der Waals surface area contributed by atoms with Gasteiger partial charge in [0.1, 0.15) is 0 Å². The summed E-state index contributed by atoms with van der Waals surface area (Å²) in [6, 6.07) is 2.05. The Balaban J connectivity index is 0.000000531. The fourth-order valence-corrected chi connectivity index (χ4v) is 1.42. The summed E-state index contributed by atoms with van der Waals surface area (Å²) in [5.41, 5.74) is 8.56. The Morgan fingerprint density at radius 2 is 2.07 bits per heavy atom. The summed E-state index contributed by atoms with van der Waals surface area (Å²) in [6.07, 6.45) is 1.81. The average molecular weight is 206 g/mol. The lowest BCUT2D eigenvalue weighted by Crippen LogP contribution is -2.02. The van der Waals surface area contributed by atoms with Crippen molar-refractivity contribution in [2.24, 2.45) is 12.8 Å². The molecule has 0 aliphatic rings. The molecule has 2 N–H and O–H groups in total. The van der Waals surface area contributed by atoms with Gasteiger partial charge >= 0.3 is 0 Å². The topological polar surface area (TPSA) is 56.7 Å². The molecule has 0 atom stereocenters. The fourth-order valence-electron chi connectivity index (χ4n) is 1.42. The normalized spacial score (nSPS) is 9.93. The van der Waals surface area contributed by atoms with Gasteiger partial charge in [0.25, 0.3) is 0 Å². The van der Waals surface area contributed by atoms with Crippen LogP contribution in [-0.4, -0.2) is 14.8 Å². The van der Waals surface area contributed by atoms with Crippen LogP contribution in [-0.2, 0) is 13.6 Å². The molecule has 0 bridgehead atoms. The first-order chi connectivity index (χ1) is 7.22. The van der Waals surface area contributed by atoms with E-state index in [0.717, 1.165) is 22.3 Å². The highest BCUT2D eigenvalue weighted by Crippen LogP contribution is 2.14. The van der Waals surface area contributed by atoms with Crippen molar-refractivity contribution >= 4 is 11.0 Å². The van der Waals surface area contributed by atoms with Gasteiger partial charge in [-0.15, -0.1) is 0 Å². The van der Waals surface area contributed by atoms with Crippen LogP contribution in [0, 0.1) is 6.92 Å². The van der Waals surface area contributed by atoms with E-state index in [4.69, 9.17) is 5.73 Å². The summed E-state index contributed by atoms with van der Waals surface area (Å²) in [5, 5.41) is 5.18. The Hall–Kier alpha value is -1.42. The van der Waals surface area contributed by atoms with Crippen molar-refractivity contribution in [3.8, 4) is 0 Å². The van der Waals surface area contributed by atoms with E-state index in [1.165, 1.54) is 0 Å². The van der Waals surface area contributed by atoms with Gasteiger partial charge in [0.15, 0.2) is 5.65 Å². The van der Waals surface area contributed by atoms with Gasteiger partial charge in [-0.25, -0.2) is 4.98 Å². The second kappa shape index (κ2) is 4.89. The third-order valence-corrected chi connectivity index (χ3v) is 2.22. The van der Waals surface area contributed by atoms with Gasteiger partial charge in [0, 0.05) is 24.7 Å². The molecule has 0 fully saturated rings. The summed E-state index contributed by atoms with van der Waals surface area (Å²) in [6.45, 7) is 6.50. The van der Waals surface area contributed by atoms with Gasteiger partial charge in [-0.2, -0.15) is 5.10 Å². The molecule has 2 aromatic heterocycles. The maximum absolute atomic E-state index is 5.58. The molecule has 0 spiro atoms. The van der Waals surface area contributed by atoms with E-state index in [-0.39, 0.29) is 0 Å². The third kappa shape index (κ3) is 2.15. The number of rotatable bonds is 1. The molecule has 2 rings (SSSR count). The van der Waals surface area contributed by atoms with Crippen LogP contribution in [0.4, 0.5) is 0 Å². The number of nitrogens with zero attached hydrogens (tertiary/aromatic N) is 3. The van der Waals surface area contributed by atoms with E-state index >= 15 is 0 Å². The molecule has 4 nitrogen and oxygen atoms in total. The van der Waals surface area contributed by atoms with Crippen molar-refractivity contribution in [2.45, 2.75) is 27.3 Å². The van der Waals surface area contributed by atoms with E-state index in [9.17, 15) is 0 Å². The molecule has 82 valence electrons. The smallest absolute Gasteiger partial charge is 0.157 e. The van der Waals surface area contributed by atoms with Gasteiger partial charge in [0.05, 0.1) is 6.20 Å². The number of fused-ring (bicyclic) bond motifs is 1. The molecule has 4 heteroatoms. The van der Waals surface area contributed by atoms with E-state index in [1.807, 2.05) is 33.9 Å². The predicted molar refractivity (Wildman–Crippen MR) is 62.5 cm³/mol. The number of aryl methyl sites for hydroxylation is 2. The highest BCUT2D eigenvalue weighted by atomic mass is 15.3. The molecule has 2 heterocycles. The molecule has 0 aliphatic carbocycles. The molecule has 15 heavy (non-hydrogen) atoms. The van der Waals surface area contributed by atoms with E-state index in [0.29, 0.717) is 6.54 Å². The lowest BCUT2D eigenvalue weighted by molar-refractivity contribution is 0.784. The molecular weight excluding hydrogens is 188 g/mol. The molecule has 2 aromatic rings. The van der Waals surface area contributed by atoms with Crippen LogP contribution < -0.4 is 5.73 Å². The maximum Gasteiger partial charge on any atom is 0.157 e. The molecular formula is C11H18N4. The van der Waals surface area contributed by atoms with Crippen molar-refractivity contribution < 1.29 is 0 Å². The first-order valence-electron chi connectivity index (χ1n) is 5.20. The van der Waals surface area contributed by atoms with Gasteiger partial charge in [-0.3, -0.25) is 4.68 Å². The quantitative estimate of drug-likeness (QED) is 0.773. The molecule has 0 saturated heterocycles. The Morgan fingerprint density at radius 3 is 2.67 bits per heavy atom. The number of aromatic nitrogens is 3. The van der Waals surface area contributed by atoms with E-state index < -0.39 is 0 Å². The molecule has 0 aromatic carbocycles. The zero-order valence-corrected chi connectivity index (χ0v) is 9.78. The fraction of sp³-hybridized carbons (Fsp3) is 0.455. The van der Waals surface area contributed by atoms with Crippen molar-refractivity contribution in [1.29, 1.82) is 0 Å². The van der Waals surface area contributed by atoms with Crippen LogP contribution in [0.25, 0.3) is 11.0 Å². The number of hydrogen-bond acceptors (Lipinski definition) is 3. The van der Waals surface area contributed by atoms with E-state index in [1.54, 1.807) is 10.9 Å². The van der Waals surface area contributed by atoms with Crippen LogP contribution >= 0.6 is 0 Å². The highest BCUT2D eigenvalue weighted by Gasteiger charge is 2.04. The van der Waals surface area contributed by atoms with Crippen molar-refractivity contribution in [2.75, 3.05) is 0 Å². The lowest BCUT2D eigenvalue weighted by Gasteiger charge is -2.02. The van der Waals surface area contributed by atoms with Crippen molar-refractivity contribution in [1.82, 2.24) is 14.8 Å². The Morgan fingerprint density at radius 1 is 1.40 bits per heavy atom. The first kappa shape index (κ1) is 11.7. The number of pyridine rings is 1. The van der Waals surface area contributed by atoms with Gasteiger partial charge < -0.3 is 5.73 Å². The zero-order chi connectivity index (χ0) is 11.4. The summed E-state index contributed by atoms with van der Waals surface area (Å²) < 4.78 is 1.77. The lowest BCUT2D eigenvalue weighted by atomic mass is 10.2. The minimum atomic E-state index is 0.531. The maximum atomic E-state index is 5.58. The van der Waals surface area contributed by atoms with Crippen molar-refractivity contribution in [3.05, 3.63) is 23.5 Å². The largest absolute Gasteiger partial charge is 0.326 e. The Bertz CT molecular complexity index is 445. The summed E-state index contributed by atoms with van der Waals surface area (Å²) >= 11 is 0. The number of nitrogens with two attached hydrogens (primary N) is 1. The molecule has 0 radical (unpaired) electrons. The third-order valence-electron chi connectivity index (χ3n) is 2.22. The molecule has 0 aliphatic heterocycles. The van der Waals surface area contributed by atoms with Crippen LogP contribution in [0.2, 0.25) is 0 Å². The standard InChI is InChI=1S/C9H12N4.C2H6/c1-6-7(4-10)3-8-5-11-13(2)9(8)12-6;1-2/h3,5H,4,10H2,1-2H3;1-2H3. The Labute approximate surface area is 90.1 Å². The predicted octanol–water partition coefficient (Wildman–Crippen LogP) is 1.76. The number of hydrogen-bond donors (Lipinski definition) is 1. The summed E-state index contributed by atoms with van der Waals surface area (Å²) in [4.78, 5) is 4.43. The minimum Gasteiger partial charge on any atom is -0.326 e. The van der Waals surface area contributed by atoms with Gasteiger partial charge in [-0.05, 0) is 18.6 Å². The van der Waals surface area contributed by atoms with Crippen LogP contribution in [0.1, 0.15) is 25.1 Å². The second-order valence-corrected chi connectivity index (χ2v) is 3.12. The Kier molecular flexibility index (Phi) is 3.80. The SMILES string of the molecule is CC.Cc1nc2c(cnn2C)cc1CN. The second-order valence-electron chi connectivity index (χ2n) is 3.12. The first-order valence-corrected chi connectivity index (χ1v) is 5.20. The minimum absolute atomic E-state index is 0.531. The van der Waals surface area contributed by atoms with Gasteiger partial charge in [0.2, 0.25) is 0 Å². The monoisotopic (exact) mass is 206 g/mol. The van der Waals surface area contributed by atoms with Gasteiger partial charge in [-0.1, -0.05) is 13.8 Å². The highest BCUT2D eigenvalue weighted by molar-refractivity contribution is 5.75. The van der Waals surface area contributed by atoms with Crippen LogP contribution in [0.3, 0.4) is 0 Å². The van der Waals surface area contributed by atoms with Crippen molar-refractivity contribution in [3.63, 3.8) is 0 Å². The molecule has 0 saturated carbocycles. The molecule has 0 unspecified atom stereocenters. The van der Waals surface area contributed by atoms with Crippen LogP contribution in [0.15, 0.2) is 12.3 Å². The van der Waals surface area contributed by atoms with Crippen LogP contribution in [0.5, 0.6) is 0 Å². The molecule has 0 amide bonds. The average Bonchev–Trinajstić information content (AvgIpc) is 2.62. The zero-order valence-electron chi connectivity index (χ0n) is 9.78. The summed E-state index contributed by atoms with van der Waals surface area (Å²) in [5.74, 6) is 0. The van der Waals surface area contributed by atoms with E-state index in [2.05, 4.69) is 10.1 Å². The summed E-state index contributed by atoms with van der Waals surface area (Å²) in [7, 11) is 1.89.